The Kier molecular flexibility index (Phi) is 7.73. The summed E-state index contributed by atoms with van der Waals surface area (Å²) in [5, 5.41) is 11.5. The number of amides is 1. The van der Waals surface area contributed by atoms with Gasteiger partial charge in [0.2, 0.25) is 11.9 Å². The Labute approximate surface area is 210 Å². The maximum Gasteiger partial charge on any atom is 0.245 e. The lowest BCUT2D eigenvalue weighted by Crippen LogP contribution is -2.52. The number of likely N-dealkylation sites (tertiary alicyclic amines) is 1. The molecule has 4 heterocycles. The number of hydrogen-bond acceptors (Lipinski definition) is 8. The van der Waals surface area contributed by atoms with Gasteiger partial charge in [0.05, 0.1) is 24.1 Å². The molecule has 2 saturated heterocycles. The lowest BCUT2D eigenvalue weighted by Gasteiger charge is -2.35. The van der Waals surface area contributed by atoms with Crippen LogP contribution in [0.3, 0.4) is 0 Å². The van der Waals surface area contributed by atoms with Gasteiger partial charge < -0.3 is 10.2 Å². The van der Waals surface area contributed by atoms with E-state index in [1.807, 2.05) is 18.3 Å². The van der Waals surface area contributed by atoms with E-state index in [0.717, 1.165) is 56.8 Å². The number of nitrogens with one attached hydrogen (secondary N) is 1. The van der Waals surface area contributed by atoms with Crippen LogP contribution in [0, 0.1) is 5.82 Å². The van der Waals surface area contributed by atoms with E-state index in [0.29, 0.717) is 31.3 Å². The zero-order valence-electron chi connectivity index (χ0n) is 20.3. The molecule has 0 bridgehead atoms. The van der Waals surface area contributed by atoms with Crippen LogP contribution in [0.15, 0.2) is 54.9 Å². The molecule has 2 aliphatic heterocycles. The lowest BCUT2D eigenvalue weighted by molar-refractivity contribution is -0.123. The molecule has 2 aromatic heterocycles. The van der Waals surface area contributed by atoms with Gasteiger partial charge >= 0.3 is 0 Å². The van der Waals surface area contributed by atoms with Crippen LogP contribution in [0.4, 0.5) is 10.3 Å². The van der Waals surface area contributed by atoms with Crippen molar-refractivity contribution in [3.8, 4) is 11.3 Å². The topological polar surface area (TPSA) is 90.4 Å². The number of anilines is 1. The molecular weight excluding hydrogens is 459 g/mol. The quantitative estimate of drug-likeness (QED) is 0.538. The van der Waals surface area contributed by atoms with Crippen LogP contribution >= 0.6 is 0 Å². The van der Waals surface area contributed by atoms with Gasteiger partial charge in [-0.2, -0.15) is 5.10 Å². The number of piperidine rings is 1. The molecule has 1 N–H and O–H groups in total. The first-order chi connectivity index (χ1) is 17.6. The summed E-state index contributed by atoms with van der Waals surface area (Å²) in [7, 11) is 0. The highest BCUT2D eigenvalue weighted by Gasteiger charge is 2.24. The van der Waals surface area contributed by atoms with Gasteiger partial charge in [-0.15, -0.1) is 5.10 Å². The molecule has 0 aliphatic carbocycles. The van der Waals surface area contributed by atoms with E-state index in [4.69, 9.17) is 0 Å². The summed E-state index contributed by atoms with van der Waals surface area (Å²) >= 11 is 0. The first-order valence-electron chi connectivity index (χ1n) is 12.5. The minimum atomic E-state index is -0.285. The van der Waals surface area contributed by atoms with Gasteiger partial charge in [0.1, 0.15) is 5.82 Å². The van der Waals surface area contributed by atoms with E-state index in [-0.39, 0.29) is 17.8 Å². The lowest BCUT2D eigenvalue weighted by atomic mass is 10.0. The minimum Gasteiger partial charge on any atom is -0.352 e. The van der Waals surface area contributed by atoms with Crippen molar-refractivity contribution in [3.63, 3.8) is 0 Å². The van der Waals surface area contributed by atoms with E-state index in [2.05, 4.69) is 46.2 Å². The number of piperazine rings is 1. The van der Waals surface area contributed by atoms with Gasteiger partial charge in [-0.25, -0.2) is 9.37 Å². The summed E-state index contributed by atoms with van der Waals surface area (Å²) in [5.74, 6) is 0.355. The molecular formula is C26H31FN8O. The number of halogens is 1. The van der Waals surface area contributed by atoms with Crippen molar-refractivity contribution in [2.75, 3.05) is 50.7 Å². The van der Waals surface area contributed by atoms with Gasteiger partial charge in [0.25, 0.3) is 0 Å². The number of nitrogens with zero attached hydrogens (tertiary/aromatic N) is 7. The average molecular weight is 491 g/mol. The van der Waals surface area contributed by atoms with Gasteiger partial charge in [0.15, 0.2) is 0 Å². The van der Waals surface area contributed by atoms with Crippen LogP contribution in [-0.2, 0) is 11.3 Å². The number of pyridine rings is 1. The first-order valence-corrected chi connectivity index (χ1v) is 12.5. The van der Waals surface area contributed by atoms with E-state index in [9.17, 15) is 9.18 Å². The number of rotatable bonds is 7. The molecule has 0 unspecified atom stereocenters. The molecule has 10 heteroatoms. The fourth-order valence-electron chi connectivity index (χ4n) is 4.73. The third-order valence-electron chi connectivity index (χ3n) is 6.77. The van der Waals surface area contributed by atoms with Crippen LogP contribution < -0.4 is 10.2 Å². The SMILES string of the molecule is O=C(CN1CCN(c2nncc(-c3ccc(F)cc3)n2)CC1)NC1CCN(Cc2ccccn2)CC1. The molecule has 1 amide bonds. The molecule has 1 aromatic carbocycles. The molecule has 0 radical (unpaired) electrons. The second kappa shape index (κ2) is 11.5. The Morgan fingerprint density at radius 2 is 1.75 bits per heavy atom. The third kappa shape index (κ3) is 6.38. The van der Waals surface area contributed by atoms with Crippen LogP contribution in [0.25, 0.3) is 11.3 Å². The zero-order chi connectivity index (χ0) is 24.7. The summed E-state index contributed by atoms with van der Waals surface area (Å²) in [4.78, 5) is 28.3. The van der Waals surface area contributed by atoms with E-state index >= 15 is 0 Å². The summed E-state index contributed by atoms with van der Waals surface area (Å²) < 4.78 is 13.2. The first kappa shape index (κ1) is 24.2. The van der Waals surface area contributed by atoms with Crippen LogP contribution in [0.5, 0.6) is 0 Å². The highest BCUT2D eigenvalue weighted by molar-refractivity contribution is 5.78. The fourth-order valence-corrected chi connectivity index (χ4v) is 4.73. The predicted octanol–water partition coefficient (Wildman–Crippen LogP) is 1.98. The highest BCUT2D eigenvalue weighted by Crippen LogP contribution is 2.19. The Hall–Kier alpha value is -3.50. The Morgan fingerprint density at radius 1 is 0.972 bits per heavy atom. The third-order valence-corrected chi connectivity index (χ3v) is 6.77. The van der Waals surface area contributed by atoms with Gasteiger partial charge in [-0.3, -0.25) is 19.6 Å². The molecule has 9 nitrogen and oxygen atoms in total. The smallest absolute Gasteiger partial charge is 0.245 e. The Bertz CT molecular complexity index is 1130. The van der Waals surface area contributed by atoms with Crippen LogP contribution in [0.2, 0.25) is 0 Å². The van der Waals surface area contributed by atoms with Crippen molar-refractivity contribution in [1.29, 1.82) is 0 Å². The Morgan fingerprint density at radius 3 is 2.47 bits per heavy atom. The Balaban J connectivity index is 1.05. The second-order valence-electron chi connectivity index (χ2n) is 9.35. The van der Waals surface area contributed by atoms with Gasteiger partial charge in [0, 0.05) is 63.6 Å². The maximum absolute atomic E-state index is 13.2. The number of carbonyl (C=O) groups excluding carboxylic acids is 1. The molecule has 2 aliphatic rings. The second-order valence-corrected chi connectivity index (χ2v) is 9.35. The molecule has 2 fully saturated rings. The number of aromatic nitrogens is 4. The predicted molar refractivity (Wildman–Crippen MR) is 135 cm³/mol. The van der Waals surface area contributed by atoms with Crippen molar-refractivity contribution < 1.29 is 9.18 Å². The summed E-state index contributed by atoms with van der Waals surface area (Å²) in [6.07, 6.45) is 5.33. The normalized spacial score (nSPS) is 17.8. The van der Waals surface area contributed by atoms with Crippen molar-refractivity contribution in [1.82, 2.24) is 35.3 Å². The molecule has 0 spiro atoms. The molecule has 188 valence electrons. The standard InChI is InChI=1S/C26H31FN8O/c27-21-6-4-20(5-7-21)24-17-29-32-26(31-24)35-15-13-34(14-16-35)19-25(36)30-22-8-11-33(12-9-22)18-23-3-1-2-10-28-23/h1-7,10,17,22H,8-9,11-16,18-19H2,(H,30,36). The fraction of sp³-hybridized carbons (Fsp3) is 0.423. The summed E-state index contributed by atoms with van der Waals surface area (Å²) in [6, 6.07) is 12.4. The van der Waals surface area contributed by atoms with E-state index < -0.39 is 0 Å². The minimum absolute atomic E-state index is 0.0860. The maximum atomic E-state index is 13.2. The number of carbonyl (C=O) groups is 1. The number of benzene rings is 1. The van der Waals surface area contributed by atoms with Crippen LogP contribution in [-0.4, -0.2) is 87.7 Å². The van der Waals surface area contributed by atoms with Crippen molar-refractivity contribution in [2.24, 2.45) is 0 Å². The molecule has 0 saturated carbocycles. The number of hydrogen-bond donors (Lipinski definition) is 1. The molecule has 5 rings (SSSR count). The highest BCUT2D eigenvalue weighted by atomic mass is 19.1. The van der Waals surface area contributed by atoms with Crippen LogP contribution in [0.1, 0.15) is 18.5 Å². The average Bonchev–Trinajstić information content (AvgIpc) is 2.91. The molecule has 3 aromatic rings. The van der Waals surface area contributed by atoms with Crippen molar-refractivity contribution >= 4 is 11.9 Å². The zero-order valence-corrected chi connectivity index (χ0v) is 20.3. The monoisotopic (exact) mass is 490 g/mol. The van der Waals surface area contributed by atoms with E-state index in [1.165, 1.54) is 12.1 Å². The van der Waals surface area contributed by atoms with Gasteiger partial charge in [-0.05, 0) is 49.2 Å². The van der Waals surface area contributed by atoms with Crippen molar-refractivity contribution in [2.45, 2.75) is 25.4 Å². The van der Waals surface area contributed by atoms with Gasteiger partial charge in [-0.1, -0.05) is 6.07 Å². The molecule has 0 atom stereocenters. The van der Waals surface area contributed by atoms with Crippen molar-refractivity contribution in [3.05, 3.63) is 66.4 Å². The summed E-state index contributed by atoms with van der Waals surface area (Å²) in [5.41, 5.74) is 2.54. The molecule has 36 heavy (non-hydrogen) atoms. The summed E-state index contributed by atoms with van der Waals surface area (Å²) in [6.45, 7) is 6.12. The largest absolute Gasteiger partial charge is 0.352 e. The van der Waals surface area contributed by atoms with E-state index in [1.54, 1.807) is 18.3 Å².